The summed E-state index contributed by atoms with van der Waals surface area (Å²) in [7, 11) is 0. The number of halogens is 1. The fraction of sp³-hybridized carbons (Fsp3) is 0.273. The van der Waals surface area contributed by atoms with Crippen molar-refractivity contribution in [2.75, 3.05) is 0 Å². The summed E-state index contributed by atoms with van der Waals surface area (Å²) >= 11 is 3.31. The maximum atomic E-state index is 4.37. The molecule has 0 spiro atoms. The van der Waals surface area contributed by atoms with Gasteiger partial charge < -0.3 is 4.57 Å². The van der Waals surface area contributed by atoms with Crippen molar-refractivity contribution in [3.05, 3.63) is 40.0 Å². The van der Waals surface area contributed by atoms with Gasteiger partial charge in [-0.1, -0.05) is 0 Å². The van der Waals surface area contributed by atoms with E-state index in [1.807, 2.05) is 13.0 Å². The number of aryl methyl sites for hydroxylation is 3. The molecule has 2 aromatic rings. The summed E-state index contributed by atoms with van der Waals surface area (Å²) < 4.78 is 2.74. The Morgan fingerprint density at radius 1 is 1.07 bits per heavy atom. The Hall–Kier alpha value is -1.16. The van der Waals surface area contributed by atoms with Crippen molar-refractivity contribution in [2.45, 2.75) is 20.8 Å². The quantitative estimate of drug-likeness (QED) is 0.743. The molecule has 2 aromatic heterocycles. The first-order chi connectivity index (χ1) is 7.08. The molecule has 3 nitrogen and oxygen atoms in total. The minimum Gasteiger partial charge on any atom is -0.303 e. The molecule has 0 aliphatic rings. The van der Waals surface area contributed by atoms with Crippen LogP contribution in [0.1, 0.15) is 17.1 Å². The highest BCUT2D eigenvalue weighted by atomic mass is 79.9. The van der Waals surface area contributed by atoms with Crippen LogP contribution >= 0.6 is 15.9 Å². The van der Waals surface area contributed by atoms with Gasteiger partial charge in [0.15, 0.2) is 4.73 Å². The van der Waals surface area contributed by atoms with E-state index in [1.165, 1.54) is 11.4 Å². The van der Waals surface area contributed by atoms with Crippen molar-refractivity contribution in [3.63, 3.8) is 0 Å². The lowest BCUT2D eigenvalue weighted by Gasteiger charge is -2.08. The van der Waals surface area contributed by atoms with Crippen LogP contribution in [0.4, 0.5) is 0 Å². The second-order valence-corrected chi connectivity index (χ2v) is 4.30. The lowest BCUT2D eigenvalue weighted by molar-refractivity contribution is 0.890. The smallest absolute Gasteiger partial charge is 0.198 e. The summed E-state index contributed by atoms with van der Waals surface area (Å²) in [5.74, 6) is 0.911. The van der Waals surface area contributed by atoms with Crippen molar-refractivity contribution < 1.29 is 0 Å². The number of hydrogen-bond donors (Lipinski definition) is 0. The van der Waals surface area contributed by atoms with Crippen LogP contribution < -0.4 is 0 Å². The molecular weight excluding hydrogens is 254 g/mol. The lowest BCUT2D eigenvalue weighted by atomic mass is 10.4. The van der Waals surface area contributed by atoms with Crippen molar-refractivity contribution >= 4 is 15.9 Å². The van der Waals surface area contributed by atoms with E-state index in [2.05, 4.69) is 56.4 Å². The van der Waals surface area contributed by atoms with Gasteiger partial charge in [0.25, 0.3) is 0 Å². The molecule has 0 aliphatic heterocycles. The SMILES string of the molecule is Cc1cc(-n2c(C)ccc2C)nc(Br)n1. The highest BCUT2D eigenvalue weighted by Crippen LogP contribution is 2.16. The average molecular weight is 266 g/mol. The molecule has 4 heteroatoms. The van der Waals surface area contributed by atoms with Gasteiger partial charge in [0.05, 0.1) is 0 Å². The van der Waals surface area contributed by atoms with E-state index in [1.54, 1.807) is 0 Å². The van der Waals surface area contributed by atoms with Crippen molar-refractivity contribution in [3.8, 4) is 5.82 Å². The largest absolute Gasteiger partial charge is 0.303 e. The molecule has 0 saturated heterocycles. The third-order valence-electron chi connectivity index (χ3n) is 2.31. The van der Waals surface area contributed by atoms with E-state index >= 15 is 0 Å². The first kappa shape index (κ1) is 10.4. The van der Waals surface area contributed by atoms with Crippen LogP contribution in [0.25, 0.3) is 5.82 Å². The van der Waals surface area contributed by atoms with Gasteiger partial charge in [0.2, 0.25) is 0 Å². The lowest BCUT2D eigenvalue weighted by Crippen LogP contribution is -2.03. The van der Waals surface area contributed by atoms with E-state index in [9.17, 15) is 0 Å². The minimum absolute atomic E-state index is 0.630. The van der Waals surface area contributed by atoms with E-state index in [0.717, 1.165) is 11.5 Å². The fourth-order valence-corrected chi connectivity index (χ4v) is 2.12. The fourth-order valence-electron chi connectivity index (χ4n) is 1.66. The zero-order chi connectivity index (χ0) is 11.0. The summed E-state index contributed by atoms with van der Waals surface area (Å²) in [6.45, 7) is 6.10. The van der Waals surface area contributed by atoms with Gasteiger partial charge in [0, 0.05) is 23.1 Å². The third kappa shape index (κ3) is 1.95. The Morgan fingerprint density at radius 3 is 2.20 bits per heavy atom. The second kappa shape index (κ2) is 3.77. The molecule has 0 amide bonds. The van der Waals surface area contributed by atoms with Crippen molar-refractivity contribution in [1.82, 2.24) is 14.5 Å². The van der Waals surface area contributed by atoms with Crippen molar-refractivity contribution in [1.29, 1.82) is 0 Å². The second-order valence-electron chi connectivity index (χ2n) is 3.59. The Morgan fingerprint density at radius 2 is 1.67 bits per heavy atom. The van der Waals surface area contributed by atoms with Crippen LogP contribution in [0.2, 0.25) is 0 Å². The van der Waals surface area contributed by atoms with E-state index in [-0.39, 0.29) is 0 Å². The normalized spacial score (nSPS) is 10.7. The van der Waals surface area contributed by atoms with Crippen LogP contribution in [0, 0.1) is 20.8 Å². The molecule has 0 atom stereocenters. The zero-order valence-corrected chi connectivity index (χ0v) is 10.5. The maximum Gasteiger partial charge on any atom is 0.198 e. The summed E-state index contributed by atoms with van der Waals surface area (Å²) in [5, 5.41) is 0. The monoisotopic (exact) mass is 265 g/mol. The molecule has 0 unspecified atom stereocenters. The predicted octanol–water partition coefficient (Wildman–Crippen LogP) is 2.96. The van der Waals surface area contributed by atoms with E-state index in [0.29, 0.717) is 4.73 Å². The van der Waals surface area contributed by atoms with Crippen LogP contribution in [-0.4, -0.2) is 14.5 Å². The minimum atomic E-state index is 0.630. The topological polar surface area (TPSA) is 30.7 Å². The predicted molar refractivity (Wildman–Crippen MR) is 63.3 cm³/mol. The third-order valence-corrected chi connectivity index (χ3v) is 2.67. The molecule has 2 heterocycles. The van der Waals surface area contributed by atoms with Gasteiger partial charge in [-0.05, 0) is 48.8 Å². The number of aromatic nitrogens is 3. The molecule has 0 aliphatic carbocycles. The van der Waals surface area contributed by atoms with Crippen LogP contribution in [0.3, 0.4) is 0 Å². The van der Waals surface area contributed by atoms with Gasteiger partial charge in [-0.15, -0.1) is 0 Å². The van der Waals surface area contributed by atoms with Gasteiger partial charge in [0.1, 0.15) is 5.82 Å². The first-order valence-corrected chi connectivity index (χ1v) is 5.54. The van der Waals surface area contributed by atoms with Gasteiger partial charge >= 0.3 is 0 Å². The first-order valence-electron chi connectivity index (χ1n) is 4.74. The van der Waals surface area contributed by atoms with Crippen molar-refractivity contribution in [2.24, 2.45) is 0 Å². The van der Waals surface area contributed by atoms with Gasteiger partial charge in [-0.2, -0.15) is 0 Å². The van der Waals surface area contributed by atoms with Crippen LogP contribution in [0.15, 0.2) is 22.9 Å². The summed E-state index contributed by atoms with van der Waals surface area (Å²) in [5.41, 5.74) is 3.31. The summed E-state index contributed by atoms with van der Waals surface area (Å²) in [4.78, 5) is 8.56. The molecule has 78 valence electrons. The Kier molecular flexibility index (Phi) is 2.61. The summed E-state index contributed by atoms with van der Waals surface area (Å²) in [6, 6.07) is 6.14. The Bertz CT molecular complexity index is 463. The number of nitrogens with zero attached hydrogens (tertiary/aromatic N) is 3. The van der Waals surface area contributed by atoms with Crippen LogP contribution in [-0.2, 0) is 0 Å². The Labute approximate surface area is 97.3 Å². The highest BCUT2D eigenvalue weighted by molar-refractivity contribution is 9.10. The van der Waals surface area contributed by atoms with Gasteiger partial charge in [-0.25, -0.2) is 9.97 Å². The Balaban J connectivity index is 2.63. The van der Waals surface area contributed by atoms with Gasteiger partial charge in [-0.3, -0.25) is 0 Å². The van der Waals surface area contributed by atoms with Crippen LogP contribution in [0.5, 0.6) is 0 Å². The molecule has 0 bridgehead atoms. The molecule has 15 heavy (non-hydrogen) atoms. The summed E-state index contributed by atoms with van der Waals surface area (Å²) in [6.07, 6.45) is 0. The molecule has 0 radical (unpaired) electrons. The number of rotatable bonds is 1. The highest BCUT2D eigenvalue weighted by Gasteiger charge is 2.06. The molecule has 0 N–H and O–H groups in total. The molecule has 2 rings (SSSR count). The average Bonchev–Trinajstić information content (AvgIpc) is 2.44. The standard InChI is InChI=1S/C11H12BrN3/c1-7-6-10(14-11(12)13-7)15-8(2)4-5-9(15)3/h4-6H,1-3H3. The molecule has 0 saturated carbocycles. The maximum absolute atomic E-state index is 4.37. The molecular formula is C11H12BrN3. The van der Waals surface area contributed by atoms with E-state index < -0.39 is 0 Å². The van der Waals surface area contributed by atoms with E-state index in [4.69, 9.17) is 0 Å². The number of hydrogen-bond acceptors (Lipinski definition) is 2. The molecule has 0 fully saturated rings. The zero-order valence-electron chi connectivity index (χ0n) is 8.95. The molecule has 0 aromatic carbocycles.